The van der Waals surface area contributed by atoms with Crippen LogP contribution in [0, 0.1) is 0 Å². The van der Waals surface area contributed by atoms with Crippen LogP contribution in [0.4, 0.5) is 13.2 Å². The molecule has 1 aromatic rings. The molecule has 0 heterocycles. The molecule has 0 spiro atoms. The fraction of sp³-hybridized carbons (Fsp3) is 0.500. The van der Waals surface area contributed by atoms with Crippen molar-refractivity contribution in [1.29, 1.82) is 0 Å². The van der Waals surface area contributed by atoms with Crippen molar-refractivity contribution < 1.29 is 27.4 Å². The standard InChI is InChI=1S/C14H17F3O3/c1-9(2)19-13(18)8-10(3)20-12-6-4-11(5-7-12)14(15,16)17/h4-7,9-10H,8H2,1-3H3. The Morgan fingerprint density at radius 2 is 1.70 bits per heavy atom. The van der Waals surface area contributed by atoms with E-state index >= 15 is 0 Å². The maximum Gasteiger partial charge on any atom is 0.416 e. The zero-order valence-corrected chi connectivity index (χ0v) is 11.5. The van der Waals surface area contributed by atoms with E-state index in [1.165, 1.54) is 12.1 Å². The SMILES string of the molecule is CC(C)OC(=O)CC(C)Oc1ccc(C(F)(F)F)cc1. The Morgan fingerprint density at radius 3 is 2.15 bits per heavy atom. The van der Waals surface area contributed by atoms with E-state index in [1.807, 2.05) is 0 Å². The van der Waals surface area contributed by atoms with Gasteiger partial charge in [0.15, 0.2) is 0 Å². The number of benzene rings is 1. The first-order valence-corrected chi connectivity index (χ1v) is 6.22. The van der Waals surface area contributed by atoms with Crippen molar-refractivity contribution in [3.63, 3.8) is 0 Å². The number of halogens is 3. The van der Waals surface area contributed by atoms with Gasteiger partial charge in [-0.15, -0.1) is 0 Å². The molecular formula is C14H17F3O3. The Labute approximate surface area is 115 Å². The fourth-order valence-corrected chi connectivity index (χ4v) is 1.54. The first kappa shape index (κ1) is 16.3. The highest BCUT2D eigenvalue weighted by molar-refractivity contribution is 5.70. The van der Waals surface area contributed by atoms with E-state index in [0.717, 1.165) is 12.1 Å². The molecule has 0 saturated carbocycles. The third-order valence-corrected chi connectivity index (χ3v) is 2.34. The maximum absolute atomic E-state index is 12.4. The van der Waals surface area contributed by atoms with Gasteiger partial charge in [-0.3, -0.25) is 4.79 Å². The van der Waals surface area contributed by atoms with Gasteiger partial charge in [0, 0.05) is 0 Å². The maximum atomic E-state index is 12.4. The number of esters is 1. The van der Waals surface area contributed by atoms with Crippen LogP contribution in [0.3, 0.4) is 0 Å². The Hall–Kier alpha value is -1.72. The fourth-order valence-electron chi connectivity index (χ4n) is 1.54. The summed E-state index contributed by atoms with van der Waals surface area (Å²) < 4.78 is 47.4. The number of carbonyl (C=O) groups is 1. The van der Waals surface area contributed by atoms with Crippen LogP contribution in [0.15, 0.2) is 24.3 Å². The summed E-state index contributed by atoms with van der Waals surface area (Å²) in [6, 6.07) is 4.34. The van der Waals surface area contributed by atoms with E-state index < -0.39 is 23.8 Å². The van der Waals surface area contributed by atoms with Gasteiger partial charge in [0.1, 0.15) is 11.9 Å². The quantitative estimate of drug-likeness (QED) is 0.773. The first-order chi connectivity index (χ1) is 9.18. The van der Waals surface area contributed by atoms with Crippen LogP contribution in [-0.4, -0.2) is 18.2 Å². The van der Waals surface area contributed by atoms with Gasteiger partial charge in [0.25, 0.3) is 0 Å². The smallest absolute Gasteiger partial charge is 0.416 e. The third-order valence-electron chi connectivity index (χ3n) is 2.34. The van der Waals surface area contributed by atoms with Gasteiger partial charge >= 0.3 is 12.1 Å². The first-order valence-electron chi connectivity index (χ1n) is 6.22. The molecule has 1 rings (SSSR count). The molecule has 1 atom stereocenters. The lowest BCUT2D eigenvalue weighted by atomic mass is 10.2. The molecule has 0 aromatic heterocycles. The molecule has 6 heteroatoms. The van der Waals surface area contributed by atoms with Gasteiger partial charge in [-0.05, 0) is 45.0 Å². The monoisotopic (exact) mass is 290 g/mol. The summed E-state index contributed by atoms with van der Waals surface area (Å²) in [5.74, 6) is -0.123. The molecular weight excluding hydrogens is 273 g/mol. The van der Waals surface area contributed by atoms with Crippen LogP contribution < -0.4 is 4.74 Å². The molecule has 0 amide bonds. The van der Waals surface area contributed by atoms with Crippen LogP contribution >= 0.6 is 0 Å². The molecule has 0 aliphatic carbocycles. The van der Waals surface area contributed by atoms with Crippen LogP contribution in [0.2, 0.25) is 0 Å². The number of carbonyl (C=O) groups excluding carboxylic acids is 1. The molecule has 0 N–H and O–H groups in total. The average molecular weight is 290 g/mol. The topological polar surface area (TPSA) is 35.5 Å². The van der Waals surface area contributed by atoms with E-state index in [4.69, 9.17) is 9.47 Å². The summed E-state index contributed by atoms with van der Waals surface area (Å²) in [5.41, 5.74) is -0.739. The molecule has 20 heavy (non-hydrogen) atoms. The minimum atomic E-state index is -4.37. The summed E-state index contributed by atoms with van der Waals surface area (Å²) in [6.07, 6.45) is -5.01. The van der Waals surface area contributed by atoms with Crippen LogP contribution in [0.25, 0.3) is 0 Å². The van der Waals surface area contributed by atoms with E-state index in [9.17, 15) is 18.0 Å². The highest BCUT2D eigenvalue weighted by Crippen LogP contribution is 2.30. The van der Waals surface area contributed by atoms with Crippen molar-refractivity contribution in [2.45, 2.75) is 45.6 Å². The van der Waals surface area contributed by atoms with Gasteiger partial charge in [-0.25, -0.2) is 0 Å². The zero-order valence-electron chi connectivity index (χ0n) is 11.5. The molecule has 0 fully saturated rings. The van der Waals surface area contributed by atoms with Crippen LogP contribution in [0.5, 0.6) is 5.75 Å². The van der Waals surface area contributed by atoms with E-state index in [0.29, 0.717) is 0 Å². The van der Waals surface area contributed by atoms with Crippen molar-refractivity contribution in [2.24, 2.45) is 0 Å². The lowest BCUT2D eigenvalue weighted by molar-refractivity contribution is -0.149. The van der Waals surface area contributed by atoms with Gasteiger partial charge in [-0.1, -0.05) is 0 Å². The molecule has 0 radical (unpaired) electrons. The lowest BCUT2D eigenvalue weighted by Crippen LogP contribution is -2.21. The van der Waals surface area contributed by atoms with Gasteiger partial charge in [0.05, 0.1) is 18.1 Å². The third kappa shape index (κ3) is 5.50. The van der Waals surface area contributed by atoms with Crippen molar-refractivity contribution in [2.75, 3.05) is 0 Å². The molecule has 3 nitrogen and oxygen atoms in total. The summed E-state index contributed by atoms with van der Waals surface area (Å²) in [5, 5.41) is 0. The minimum Gasteiger partial charge on any atom is -0.490 e. The van der Waals surface area contributed by atoms with Crippen LogP contribution in [-0.2, 0) is 15.7 Å². The summed E-state index contributed by atoms with van der Waals surface area (Å²) in [4.78, 5) is 11.4. The predicted octanol–water partition coefficient (Wildman–Crippen LogP) is 3.81. The van der Waals surface area contributed by atoms with E-state index in [2.05, 4.69) is 0 Å². The Balaban J connectivity index is 2.54. The Morgan fingerprint density at radius 1 is 1.15 bits per heavy atom. The van der Waals surface area contributed by atoms with Crippen molar-refractivity contribution in [3.8, 4) is 5.75 Å². The van der Waals surface area contributed by atoms with E-state index in [-0.39, 0.29) is 18.3 Å². The number of hydrogen-bond donors (Lipinski definition) is 0. The number of hydrogen-bond acceptors (Lipinski definition) is 3. The van der Waals surface area contributed by atoms with Gasteiger partial charge in [-0.2, -0.15) is 13.2 Å². The van der Waals surface area contributed by atoms with Gasteiger partial charge < -0.3 is 9.47 Å². The Kier molecular flexibility index (Phi) is 5.42. The van der Waals surface area contributed by atoms with E-state index in [1.54, 1.807) is 20.8 Å². The largest absolute Gasteiger partial charge is 0.490 e. The second-order valence-electron chi connectivity index (χ2n) is 4.69. The average Bonchev–Trinajstić information content (AvgIpc) is 2.26. The summed E-state index contributed by atoms with van der Waals surface area (Å²) in [6.45, 7) is 5.12. The van der Waals surface area contributed by atoms with Crippen molar-refractivity contribution in [3.05, 3.63) is 29.8 Å². The zero-order chi connectivity index (χ0) is 15.3. The second kappa shape index (κ2) is 6.63. The number of rotatable bonds is 5. The van der Waals surface area contributed by atoms with Crippen molar-refractivity contribution in [1.82, 2.24) is 0 Å². The molecule has 0 aliphatic rings. The highest BCUT2D eigenvalue weighted by Gasteiger charge is 2.30. The van der Waals surface area contributed by atoms with Crippen LogP contribution in [0.1, 0.15) is 32.8 Å². The second-order valence-corrected chi connectivity index (χ2v) is 4.69. The van der Waals surface area contributed by atoms with Crippen molar-refractivity contribution >= 4 is 5.97 Å². The normalized spacial score (nSPS) is 13.2. The lowest BCUT2D eigenvalue weighted by Gasteiger charge is -2.15. The Bertz CT molecular complexity index is 438. The molecule has 0 bridgehead atoms. The van der Waals surface area contributed by atoms with Gasteiger partial charge in [0.2, 0.25) is 0 Å². The summed E-state index contributed by atoms with van der Waals surface area (Å²) in [7, 11) is 0. The molecule has 0 aliphatic heterocycles. The number of alkyl halides is 3. The number of ether oxygens (including phenoxy) is 2. The molecule has 112 valence electrons. The molecule has 0 saturated heterocycles. The summed E-state index contributed by atoms with van der Waals surface area (Å²) >= 11 is 0. The highest BCUT2D eigenvalue weighted by atomic mass is 19.4. The molecule has 1 aromatic carbocycles. The predicted molar refractivity (Wildman–Crippen MR) is 67.4 cm³/mol. The minimum absolute atomic E-state index is 0.0409. The molecule has 1 unspecified atom stereocenters.